The first-order valence-electron chi connectivity index (χ1n) is 11.7. The molecule has 6 heteroatoms. The Morgan fingerprint density at radius 3 is 2.64 bits per heavy atom. The lowest BCUT2D eigenvalue weighted by Crippen LogP contribution is -2.45. The maximum absolute atomic E-state index is 12.8. The first-order valence-corrected chi connectivity index (χ1v) is 11.7. The van der Waals surface area contributed by atoms with Gasteiger partial charge in [-0.1, -0.05) is 42.5 Å². The van der Waals surface area contributed by atoms with E-state index in [2.05, 4.69) is 0 Å². The highest BCUT2D eigenvalue weighted by atomic mass is 16.6. The number of rotatable bonds is 3. The average molecular weight is 447 g/mol. The number of amides is 1. The van der Waals surface area contributed by atoms with Gasteiger partial charge in [0.1, 0.15) is 11.5 Å². The Labute approximate surface area is 193 Å². The van der Waals surface area contributed by atoms with Crippen LogP contribution >= 0.6 is 0 Å². The number of hydrogen-bond donors (Lipinski definition) is 2. The third kappa shape index (κ3) is 4.28. The smallest absolute Gasteiger partial charge is 0.415 e. The summed E-state index contributed by atoms with van der Waals surface area (Å²) in [6.07, 6.45) is 1.80. The molecule has 2 heterocycles. The molecule has 0 bridgehead atoms. The maximum atomic E-state index is 12.8. The predicted octanol–water partition coefficient (Wildman–Crippen LogP) is 4.71. The Morgan fingerprint density at radius 2 is 1.88 bits per heavy atom. The minimum atomic E-state index is -0.313. The molecule has 1 fully saturated rings. The highest BCUT2D eigenvalue weighted by molar-refractivity contribution is 5.84. The van der Waals surface area contributed by atoms with E-state index >= 15 is 0 Å². The minimum Gasteiger partial charge on any atom is -0.507 e. The maximum Gasteiger partial charge on any atom is 0.415 e. The van der Waals surface area contributed by atoms with E-state index in [0.717, 1.165) is 40.3 Å². The molecule has 1 amide bonds. The van der Waals surface area contributed by atoms with Crippen molar-refractivity contribution in [3.05, 3.63) is 71.3 Å². The van der Waals surface area contributed by atoms with Crippen molar-refractivity contribution >= 4 is 16.9 Å². The number of nitrogens with zero attached hydrogens (tertiary/aromatic N) is 1. The van der Waals surface area contributed by atoms with Gasteiger partial charge in [-0.3, -0.25) is 0 Å². The normalized spacial score (nSPS) is 21.1. The number of likely N-dealkylation sites (tertiary alicyclic amines) is 1. The standard InChI is InChI=1S/C27H30N2O4/c1-17-6-9-22-23(26(17)30)15-24(33-25(22)16-28)19-10-12-29(13-11-19)27(31)32-21-8-7-18-4-2-3-5-20(18)14-21/h2-9,14,19,24-25,30H,10-13,15-16,28H2,1H3. The number of ether oxygens (including phenoxy) is 2. The number of phenolic OH excluding ortho intramolecular Hbond substituents is 1. The predicted molar refractivity (Wildman–Crippen MR) is 127 cm³/mol. The van der Waals surface area contributed by atoms with Gasteiger partial charge in [-0.05, 0) is 59.7 Å². The van der Waals surface area contributed by atoms with E-state index in [4.69, 9.17) is 15.2 Å². The number of aromatic hydroxyl groups is 1. The summed E-state index contributed by atoms with van der Waals surface area (Å²) in [5.41, 5.74) is 8.82. The summed E-state index contributed by atoms with van der Waals surface area (Å²) in [4.78, 5) is 14.5. The van der Waals surface area contributed by atoms with Crippen molar-refractivity contribution in [2.24, 2.45) is 11.7 Å². The Kier molecular flexibility index (Phi) is 5.96. The second-order valence-corrected chi connectivity index (χ2v) is 9.10. The van der Waals surface area contributed by atoms with Crippen molar-refractivity contribution in [1.82, 2.24) is 4.90 Å². The number of carbonyl (C=O) groups excluding carboxylic acids is 1. The molecule has 1 saturated heterocycles. The van der Waals surface area contributed by atoms with Crippen LogP contribution in [0, 0.1) is 12.8 Å². The third-order valence-electron chi connectivity index (χ3n) is 7.08. The van der Waals surface area contributed by atoms with Gasteiger partial charge in [-0.15, -0.1) is 0 Å². The fourth-order valence-corrected chi connectivity index (χ4v) is 5.13. The highest BCUT2D eigenvalue weighted by Gasteiger charge is 2.36. The van der Waals surface area contributed by atoms with Gasteiger partial charge in [-0.25, -0.2) is 4.79 Å². The Hall–Kier alpha value is -3.09. The summed E-state index contributed by atoms with van der Waals surface area (Å²) in [7, 11) is 0. The molecule has 2 aliphatic heterocycles. The molecule has 0 radical (unpaired) electrons. The van der Waals surface area contributed by atoms with Crippen LogP contribution in [0.5, 0.6) is 11.5 Å². The van der Waals surface area contributed by atoms with Crippen molar-refractivity contribution in [3.63, 3.8) is 0 Å². The monoisotopic (exact) mass is 446 g/mol. The Balaban J connectivity index is 1.22. The van der Waals surface area contributed by atoms with E-state index in [1.165, 1.54) is 0 Å². The Bertz CT molecular complexity index is 1170. The van der Waals surface area contributed by atoms with Crippen LogP contribution in [0.25, 0.3) is 10.8 Å². The summed E-state index contributed by atoms with van der Waals surface area (Å²) < 4.78 is 12.0. The van der Waals surface area contributed by atoms with E-state index in [-0.39, 0.29) is 18.3 Å². The molecule has 0 aromatic heterocycles. The van der Waals surface area contributed by atoms with Crippen molar-refractivity contribution in [2.75, 3.05) is 19.6 Å². The average Bonchev–Trinajstić information content (AvgIpc) is 2.85. The van der Waals surface area contributed by atoms with Crippen LogP contribution in [-0.4, -0.2) is 41.8 Å². The molecule has 2 aliphatic rings. The van der Waals surface area contributed by atoms with Crippen LogP contribution in [0.3, 0.4) is 0 Å². The van der Waals surface area contributed by atoms with Crippen molar-refractivity contribution in [1.29, 1.82) is 0 Å². The van der Waals surface area contributed by atoms with Gasteiger partial charge < -0.3 is 25.2 Å². The van der Waals surface area contributed by atoms with Crippen molar-refractivity contribution in [2.45, 2.75) is 38.4 Å². The molecule has 5 rings (SSSR count). The molecule has 0 spiro atoms. The third-order valence-corrected chi connectivity index (χ3v) is 7.08. The fraction of sp³-hybridized carbons (Fsp3) is 0.370. The number of hydrogen-bond acceptors (Lipinski definition) is 5. The molecule has 33 heavy (non-hydrogen) atoms. The van der Waals surface area contributed by atoms with Gasteiger partial charge in [0.15, 0.2) is 0 Å². The van der Waals surface area contributed by atoms with Gasteiger partial charge in [0.25, 0.3) is 0 Å². The molecule has 3 aromatic carbocycles. The Morgan fingerprint density at radius 1 is 1.12 bits per heavy atom. The fourth-order valence-electron chi connectivity index (χ4n) is 5.13. The van der Waals surface area contributed by atoms with E-state index in [9.17, 15) is 9.90 Å². The largest absolute Gasteiger partial charge is 0.507 e. The second kappa shape index (κ2) is 9.04. The molecule has 0 aliphatic carbocycles. The van der Waals surface area contributed by atoms with Gasteiger partial charge in [-0.2, -0.15) is 0 Å². The lowest BCUT2D eigenvalue weighted by molar-refractivity contribution is -0.0633. The zero-order chi connectivity index (χ0) is 22.9. The molecule has 2 unspecified atom stereocenters. The zero-order valence-electron chi connectivity index (χ0n) is 18.9. The van der Waals surface area contributed by atoms with E-state index in [1.54, 1.807) is 4.90 Å². The molecule has 3 aromatic rings. The topological polar surface area (TPSA) is 85.0 Å². The van der Waals surface area contributed by atoms with Crippen LogP contribution in [0.15, 0.2) is 54.6 Å². The number of aryl methyl sites for hydroxylation is 1. The summed E-state index contributed by atoms with van der Waals surface area (Å²) in [5, 5.41) is 12.8. The highest BCUT2D eigenvalue weighted by Crippen LogP contribution is 2.40. The van der Waals surface area contributed by atoms with Crippen LogP contribution in [0.4, 0.5) is 4.79 Å². The van der Waals surface area contributed by atoms with Crippen LogP contribution in [0.2, 0.25) is 0 Å². The van der Waals surface area contributed by atoms with Gasteiger partial charge in [0, 0.05) is 31.6 Å². The molecular formula is C27H30N2O4. The molecule has 172 valence electrons. The number of nitrogens with two attached hydrogens (primary N) is 1. The first kappa shape index (κ1) is 21.7. The molecule has 0 saturated carbocycles. The van der Waals surface area contributed by atoms with Crippen molar-refractivity contribution < 1.29 is 19.4 Å². The summed E-state index contributed by atoms with van der Waals surface area (Å²) >= 11 is 0. The number of carbonyl (C=O) groups is 1. The summed E-state index contributed by atoms with van der Waals surface area (Å²) in [6.45, 7) is 3.54. The van der Waals surface area contributed by atoms with E-state index in [0.29, 0.717) is 43.5 Å². The second-order valence-electron chi connectivity index (χ2n) is 9.10. The number of piperidine rings is 1. The van der Waals surface area contributed by atoms with Crippen molar-refractivity contribution in [3.8, 4) is 11.5 Å². The molecule has 6 nitrogen and oxygen atoms in total. The first-order chi connectivity index (χ1) is 16.0. The number of benzene rings is 3. The summed E-state index contributed by atoms with van der Waals surface area (Å²) in [5.74, 6) is 1.22. The summed E-state index contributed by atoms with van der Waals surface area (Å²) in [6, 6.07) is 17.6. The van der Waals surface area contributed by atoms with Crippen LogP contribution in [-0.2, 0) is 11.2 Å². The lowest BCUT2D eigenvalue weighted by atomic mass is 9.83. The van der Waals surface area contributed by atoms with Crippen LogP contribution < -0.4 is 10.5 Å². The van der Waals surface area contributed by atoms with Gasteiger partial charge in [0.2, 0.25) is 0 Å². The SMILES string of the molecule is Cc1ccc2c(c1O)CC(C1CCN(C(=O)Oc3ccc4ccccc4c3)CC1)OC2CN. The van der Waals surface area contributed by atoms with E-state index < -0.39 is 0 Å². The quantitative estimate of drug-likeness (QED) is 0.609. The zero-order valence-corrected chi connectivity index (χ0v) is 18.9. The van der Waals surface area contributed by atoms with Crippen LogP contribution in [0.1, 0.15) is 35.6 Å². The minimum absolute atomic E-state index is 0.0163. The van der Waals surface area contributed by atoms with E-state index in [1.807, 2.05) is 61.5 Å². The lowest BCUT2D eigenvalue weighted by Gasteiger charge is -2.40. The van der Waals surface area contributed by atoms with Gasteiger partial charge in [0.05, 0.1) is 12.2 Å². The molecule has 3 N–H and O–H groups in total. The van der Waals surface area contributed by atoms with Gasteiger partial charge >= 0.3 is 6.09 Å². The molecular weight excluding hydrogens is 416 g/mol. The number of fused-ring (bicyclic) bond motifs is 2. The number of phenols is 1. The molecule has 2 atom stereocenters.